The van der Waals surface area contributed by atoms with Crippen LogP contribution in [-0.2, 0) is 23.6 Å². The highest BCUT2D eigenvalue weighted by Gasteiger charge is 2.18. The third kappa shape index (κ3) is 2.89. The molecular weight excluding hydrogens is 268 g/mol. The first-order chi connectivity index (χ1) is 9.04. The number of aromatic nitrogens is 3. The summed E-state index contributed by atoms with van der Waals surface area (Å²) in [5.74, 6) is 5.88. The van der Waals surface area contributed by atoms with Gasteiger partial charge in [0.15, 0.2) is 0 Å². The van der Waals surface area contributed by atoms with Crippen LogP contribution in [0.25, 0.3) is 0 Å². The lowest BCUT2D eigenvalue weighted by molar-refractivity contribution is 0.577. The van der Waals surface area contributed by atoms with E-state index in [-0.39, 0.29) is 17.1 Å². The highest BCUT2D eigenvalue weighted by molar-refractivity contribution is 7.89. The van der Waals surface area contributed by atoms with E-state index in [1.54, 1.807) is 24.0 Å². The normalized spacial score (nSPS) is 11.5. The number of aryl methyl sites for hydroxylation is 1. The summed E-state index contributed by atoms with van der Waals surface area (Å²) in [6, 6.07) is 1.48. The predicted molar refractivity (Wildman–Crippen MR) is 69.3 cm³/mol. The first kappa shape index (κ1) is 13.5. The maximum atomic E-state index is 12.1. The Balaban J connectivity index is 2.21. The molecule has 0 unspecified atom stereocenters. The second kappa shape index (κ2) is 5.34. The van der Waals surface area contributed by atoms with Crippen molar-refractivity contribution in [3.8, 4) is 0 Å². The van der Waals surface area contributed by atoms with Crippen LogP contribution in [-0.4, -0.2) is 23.0 Å². The van der Waals surface area contributed by atoms with Gasteiger partial charge < -0.3 is 9.99 Å². The SMILES string of the molecule is Cn1ccnc1CNS(=O)(=O)c1cnccc1NN. The van der Waals surface area contributed by atoms with Gasteiger partial charge in [0.1, 0.15) is 10.7 Å². The molecule has 0 spiro atoms. The number of hydrogen-bond acceptors (Lipinski definition) is 6. The topological polar surface area (TPSA) is 115 Å². The van der Waals surface area contributed by atoms with Crippen LogP contribution in [0.1, 0.15) is 5.82 Å². The number of rotatable bonds is 5. The summed E-state index contributed by atoms with van der Waals surface area (Å²) >= 11 is 0. The van der Waals surface area contributed by atoms with E-state index in [0.29, 0.717) is 5.82 Å². The zero-order chi connectivity index (χ0) is 13.9. The predicted octanol–water partition coefficient (Wildman–Crippen LogP) is -0.421. The standard InChI is InChI=1S/C10H14N6O2S/c1-16-5-4-13-10(16)7-14-19(17,18)9-6-12-3-2-8(9)15-11/h2-6,14H,7,11H2,1H3,(H,12,15). The van der Waals surface area contributed by atoms with Crippen molar-refractivity contribution in [3.63, 3.8) is 0 Å². The van der Waals surface area contributed by atoms with Crippen LogP contribution < -0.4 is 16.0 Å². The van der Waals surface area contributed by atoms with Gasteiger partial charge in [-0.15, -0.1) is 0 Å². The molecule has 0 aliphatic carbocycles. The summed E-state index contributed by atoms with van der Waals surface area (Å²) in [6.45, 7) is 0.0880. The largest absolute Gasteiger partial charge is 0.337 e. The molecule has 0 amide bonds. The minimum Gasteiger partial charge on any atom is -0.337 e. The fraction of sp³-hybridized carbons (Fsp3) is 0.200. The quantitative estimate of drug-likeness (QED) is 0.507. The van der Waals surface area contributed by atoms with Gasteiger partial charge >= 0.3 is 0 Å². The van der Waals surface area contributed by atoms with Gasteiger partial charge in [0.05, 0.1) is 12.2 Å². The van der Waals surface area contributed by atoms with Crippen molar-refractivity contribution in [2.45, 2.75) is 11.4 Å². The number of nitrogens with two attached hydrogens (primary N) is 1. The van der Waals surface area contributed by atoms with Gasteiger partial charge in [-0.2, -0.15) is 0 Å². The van der Waals surface area contributed by atoms with E-state index in [1.807, 2.05) is 0 Å². The minimum atomic E-state index is -3.70. The molecular formula is C10H14N6O2S. The number of nitrogens with zero attached hydrogens (tertiary/aromatic N) is 3. The zero-order valence-corrected chi connectivity index (χ0v) is 11.1. The van der Waals surface area contributed by atoms with Crippen LogP contribution in [0.2, 0.25) is 0 Å². The molecule has 2 heterocycles. The van der Waals surface area contributed by atoms with Crippen LogP contribution in [0.5, 0.6) is 0 Å². The third-order valence-electron chi connectivity index (χ3n) is 2.57. The molecule has 0 saturated carbocycles. The average molecular weight is 282 g/mol. The van der Waals surface area contributed by atoms with Crippen LogP contribution in [0.4, 0.5) is 5.69 Å². The summed E-state index contributed by atoms with van der Waals surface area (Å²) in [6.07, 6.45) is 6.02. The first-order valence-electron chi connectivity index (χ1n) is 5.41. The summed E-state index contributed by atoms with van der Waals surface area (Å²) in [7, 11) is -1.92. The number of imidazole rings is 1. The van der Waals surface area contributed by atoms with Gasteiger partial charge in [-0.05, 0) is 6.07 Å². The molecule has 102 valence electrons. The highest BCUT2D eigenvalue weighted by Crippen LogP contribution is 2.18. The lowest BCUT2D eigenvalue weighted by Crippen LogP contribution is -2.26. The van der Waals surface area contributed by atoms with Gasteiger partial charge in [0.2, 0.25) is 10.0 Å². The Morgan fingerprint density at radius 2 is 2.21 bits per heavy atom. The third-order valence-corrected chi connectivity index (χ3v) is 4.00. The Kier molecular flexibility index (Phi) is 3.79. The van der Waals surface area contributed by atoms with Gasteiger partial charge in [-0.1, -0.05) is 0 Å². The molecule has 0 aliphatic heterocycles. The van der Waals surface area contributed by atoms with Crippen molar-refractivity contribution in [2.75, 3.05) is 5.43 Å². The van der Waals surface area contributed by atoms with E-state index >= 15 is 0 Å². The van der Waals surface area contributed by atoms with Crippen LogP contribution in [0.3, 0.4) is 0 Å². The number of pyridine rings is 1. The van der Waals surface area contributed by atoms with Crippen molar-refractivity contribution >= 4 is 15.7 Å². The van der Waals surface area contributed by atoms with E-state index in [9.17, 15) is 8.42 Å². The molecule has 0 aliphatic rings. The molecule has 8 nitrogen and oxygen atoms in total. The molecule has 0 saturated heterocycles. The maximum Gasteiger partial charge on any atom is 0.244 e. The van der Waals surface area contributed by atoms with E-state index in [2.05, 4.69) is 20.1 Å². The molecule has 0 atom stereocenters. The highest BCUT2D eigenvalue weighted by atomic mass is 32.2. The molecule has 2 aromatic rings. The van der Waals surface area contributed by atoms with Gasteiger partial charge in [0, 0.05) is 31.8 Å². The molecule has 2 aromatic heterocycles. The lowest BCUT2D eigenvalue weighted by atomic mass is 10.4. The maximum absolute atomic E-state index is 12.1. The second-order valence-corrected chi connectivity index (χ2v) is 5.53. The first-order valence-corrected chi connectivity index (χ1v) is 6.89. The summed E-state index contributed by atoms with van der Waals surface area (Å²) < 4.78 is 28.4. The van der Waals surface area contributed by atoms with Crippen LogP contribution in [0, 0.1) is 0 Å². The van der Waals surface area contributed by atoms with E-state index < -0.39 is 10.0 Å². The molecule has 0 radical (unpaired) electrons. The smallest absolute Gasteiger partial charge is 0.244 e. The zero-order valence-electron chi connectivity index (χ0n) is 10.2. The summed E-state index contributed by atoms with van der Waals surface area (Å²) in [4.78, 5) is 7.81. The van der Waals surface area contributed by atoms with Crippen molar-refractivity contribution < 1.29 is 8.42 Å². The fourth-order valence-corrected chi connectivity index (χ4v) is 2.61. The Hall–Kier alpha value is -1.97. The summed E-state index contributed by atoms with van der Waals surface area (Å²) in [5.41, 5.74) is 2.61. The molecule has 4 N–H and O–H groups in total. The Morgan fingerprint density at radius 3 is 2.84 bits per heavy atom. The molecule has 19 heavy (non-hydrogen) atoms. The fourth-order valence-electron chi connectivity index (χ4n) is 1.52. The number of hydrogen-bond donors (Lipinski definition) is 3. The van der Waals surface area contributed by atoms with Gasteiger partial charge in [-0.25, -0.2) is 18.1 Å². The molecule has 0 fully saturated rings. The Morgan fingerprint density at radius 1 is 1.42 bits per heavy atom. The van der Waals surface area contributed by atoms with Crippen molar-refractivity contribution in [3.05, 3.63) is 36.7 Å². The van der Waals surface area contributed by atoms with Crippen LogP contribution >= 0.6 is 0 Å². The van der Waals surface area contributed by atoms with E-state index in [1.165, 1.54) is 18.5 Å². The molecule has 0 bridgehead atoms. The number of anilines is 1. The number of hydrazine groups is 1. The van der Waals surface area contributed by atoms with Gasteiger partial charge in [-0.3, -0.25) is 10.8 Å². The molecule has 0 aromatic carbocycles. The van der Waals surface area contributed by atoms with E-state index in [4.69, 9.17) is 5.84 Å². The number of nitrogen functional groups attached to an aromatic ring is 1. The number of sulfonamides is 1. The van der Waals surface area contributed by atoms with Gasteiger partial charge in [0.25, 0.3) is 0 Å². The van der Waals surface area contributed by atoms with Crippen molar-refractivity contribution in [2.24, 2.45) is 12.9 Å². The number of nitrogens with one attached hydrogen (secondary N) is 2. The van der Waals surface area contributed by atoms with Crippen LogP contribution in [0.15, 0.2) is 35.7 Å². The van der Waals surface area contributed by atoms with Crippen molar-refractivity contribution in [1.29, 1.82) is 0 Å². The Bertz CT molecular complexity index is 666. The summed E-state index contributed by atoms with van der Waals surface area (Å²) in [5, 5.41) is 0. The molecule has 2 rings (SSSR count). The Labute approximate surface area is 110 Å². The average Bonchev–Trinajstić information content (AvgIpc) is 2.82. The lowest BCUT2D eigenvalue weighted by Gasteiger charge is -2.10. The monoisotopic (exact) mass is 282 g/mol. The van der Waals surface area contributed by atoms with E-state index in [0.717, 1.165) is 0 Å². The minimum absolute atomic E-state index is 0.00768. The molecule has 9 heteroatoms. The van der Waals surface area contributed by atoms with Crippen molar-refractivity contribution in [1.82, 2.24) is 19.3 Å². The second-order valence-electron chi connectivity index (χ2n) is 3.80.